The van der Waals surface area contributed by atoms with Crippen LogP contribution in [0, 0.1) is 6.92 Å². The molecule has 0 bridgehead atoms. The summed E-state index contributed by atoms with van der Waals surface area (Å²) in [6.45, 7) is 6.60. The van der Waals surface area contributed by atoms with E-state index < -0.39 is 10.8 Å². The van der Waals surface area contributed by atoms with E-state index in [1.165, 1.54) is 0 Å². The zero-order chi connectivity index (χ0) is 14.9. The van der Waals surface area contributed by atoms with Gasteiger partial charge >= 0.3 is 0 Å². The van der Waals surface area contributed by atoms with Gasteiger partial charge in [-0.25, -0.2) is 0 Å². The second kappa shape index (κ2) is 5.98. The maximum absolute atomic E-state index is 12.5. The van der Waals surface area contributed by atoms with Crippen LogP contribution in [0.4, 0.5) is 0 Å². The molecule has 0 spiro atoms. The Morgan fingerprint density at radius 1 is 1.45 bits per heavy atom. The standard InChI is InChI=1S/C15H20BrNO2S/c1-11-8-13(16)5-4-12(11)9-14(18)17-6-7-20(19)10-15(17,2)3/h4-5,8H,6-7,9-10H2,1-3H3. The fourth-order valence-electron chi connectivity index (χ4n) is 2.62. The molecule has 1 fully saturated rings. The van der Waals surface area contributed by atoms with Gasteiger partial charge in [-0.05, 0) is 44.0 Å². The van der Waals surface area contributed by atoms with Crippen LogP contribution in [0.2, 0.25) is 0 Å². The summed E-state index contributed by atoms with van der Waals surface area (Å²) in [6, 6.07) is 5.98. The maximum atomic E-state index is 12.5. The van der Waals surface area contributed by atoms with Crippen molar-refractivity contribution in [1.82, 2.24) is 4.90 Å². The van der Waals surface area contributed by atoms with Crippen LogP contribution in [0.15, 0.2) is 22.7 Å². The fourth-order valence-corrected chi connectivity index (χ4v) is 4.57. The molecule has 0 aromatic heterocycles. The fraction of sp³-hybridized carbons (Fsp3) is 0.533. The first kappa shape index (κ1) is 15.7. The average molecular weight is 358 g/mol. The monoisotopic (exact) mass is 357 g/mol. The molecule has 1 aromatic carbocycles. The molecule has 1 aliphatic heterocycles. The summed E-state index contributed by atoms with van der Waals surface area (Å²) in [7, 11) is -0.801. The topological polar surface area (TPSA) is 37.4 Å². The molecule has 1 aromatic rings. The number of halogens is 1. The Hall–Kier alpha value is -0.680. The van der Waals surface area contributed by atoms with E-state index in [0.717, 1.165) is 15.6 Å². The van der Waals surface area contributed by atoms with Crippen LogP contribution in [-0.4, -0.2) is 38.6 Å². The second-order valence-electron chi connectivity index (χ2n) is 5.89. The van der Waals surface area contributed by atoms with Crippen molar-refractivity contribution in [1.29, 1.82) is 0 Å². The lowest BCUT2D eigenvalue weighted by Crippen LogP contribution is -2.56. The summed E-state index contributed by atoms with van der Waals surface area (Å²) in [6.07, 6.45) is 0.412. The number of rotatable bonds is 2. The molecule has 1 atom stereocenters. The first-order valence-electron chi connectivity index (χ1n) is 6.70. The number of hydrogen-bond donors (Lipinski definition) is 0. The Bertz CT molecular complexity index is 557. The van der Waals surface area contributed by atoms with Crippen molar-refractivity contribution >= 4 is 32.6 Å². The van der Waals surface area contributed by atoms with Crippen LogP contribution in [0.3, 0.4) is 0 Å². The Kier molecular flexibility index (Phi) is 4.69. The number of carbonyl (C=O) groups is 1. The van der Waals surface area contributed by atoms with Crippen molar-refractivity contribution in [3.63, 3.8) is 0 Å². The van der Waals surface area contributed by atoms with Gasteiger partial charge < -0.3 is 4.90 Å². The first-order valence-corrected chi connectivity index (χ1v) is 8.98. The van der Waals surface area contributed by atoms with Gasteiger partial charge in [0.2, 0.25) is 5.91 Å². The predicted octanol–water partition coefficient (Wildman–Crippen LogP) is 2.67. The van der Waals surface area contributed by atoms with E-state index >= 15 is 0 Å². The second-order valence-corrected chi connectivity index (χ2v) is 8.39. The lowest BCUT2D eigenvalue weighted by Gasteiger charge is -2.42. The molecule has 1 amide bonds. The molecule has 1 aliphatic rings. The van der Waals surface area contributed by atoms with Gasteiger partial charge in [-0.2, -0.15) is 0 Å². The number of nitrogens with zero attached hydrogens (tertiary/aromatic N) is 1. The minimum absolute atomic E-state index is 0.122. The highest BCUT2D eigenvalue weighted by Gasteiger charge is 2.36. The van der Waals surface area contributed by atoms with Gasteiger partial charge in [0.1, 0.15) is 0 Å². The number of aryl methyl sites for hydroxylation is 1. The normalized spacial score (nSPS) is 21.8. The summed E-state index contributed by atoms with van der Waals surface area (Å²) in [4.78, 5) is 14.4. The van der Waals surface area contributed by atoms with E-state index in [2.05, 4.69) is 15.9 Å². The highest BCUT2D eigenvalue weighted by atomic mass is 79.9. The van der Waals surface area contributed by atoms with Crippen LogP contribution in [0.25, 0.3) is 0 Å². The molecule has 5 heteroatoms. The van der Waals surface area contributed by atoms with E-state index in [4.69, 9.17) is 0 Å². The summed E-state index contributed by atoms with van der Waals surface area (Å²) in [5.41, 5.74) is 1.86. The lowest BCUT2D eigenvalue weighted by atomic mass is 10.0. The third-order valence-electron chi connectivity index (χ3n) is 3.73. The highest BCUT2D eigenvalue weighted by molar-refractivity contribution is 9.10. The van der Waals surface area contributed by atoms with Crippen molar-refractivity contribution in [2.45, 2.75) is 32.7 Å². The summed E-state index contributed by atoms with van der Waals surface area (Å²) >= 11 is 3.43. The van der Waals surface area contributed by atoms with Gasteiger partial charge in [-0.3, -0.25) is 9.00 Å². The van der Waals surface area contributed by atoms with Gasteiger partial charge in [0.25, 0.3) is 0 Å². The minimum Gasteiger partial charge on any atom is -0.335 e. The van der Waals surface area contributed by atoms with E-state index in [-0.39, 0.29) is 11.4 Å². The van der Waals surface area contributed by atoms with E-state index in [1.54, 1.807) is 0 Å². The molecule has 0 aliphatic carbocycles. The van der Waals surface area contributed by atoms with Gasteiger partial charge in [-0.15, -0.1) is 0 Å². The predicted molar refractivity (Wildman–Crippen MR) is 86.3 cm³/mol. The number of hydrogen-bond acceptors (Lipinski definition) is 2. The third-order valence-corrected chi connectivity index (χ3v) is 5.89. The van der Waals surface area contributed by atoms with Crippen LogP contribution < -0.4 is 0 Å². The number of amides is 1. The Balaban J connectivity index is 2.13. The molecule has 0 radical (unpaired) electrons. The molecule has 2 rings (SSSR count). The highest BCUT2D eigenvalue weighted by Crippen LogP contribution is 2.23. The SMILES string of the molecule is Cc1cc(Br)ccc1CC(=O)N1CCS(=O)CC1(C)C. The third kappa shape index (κ3) is 3.50. The first-order chi connectivity index (χ1) is 9.29. The molecule has 110 valence electrons. The molecule has 0 saturated carbocycles. The van der Waals surface area contributed by atoms with Crippen molar-refractivity contribution < 1.29 is 9.00 Å². The Morgan fingerprint density at radius 3 is 2.75 bits per heavy atom. The number of benzene rings is 1. The molecular weight excluding hydrogens is 338 g/mol. The van der Waals surface area contributed by atoms with Crippen molar-refractivity contribution in [2.75, 3.05) is 18.1 Å². The summed E-state index contributed by atoms with van der Waals surface area (Å²) in [5, 5.41) is 0. The van der Waals surface area contributed by atoms with Gasteiger partial charge in [0, 0.05) is 38.9 Å². The Morgan fingerprint density at radius 2 is 2.15 bits per heavy atom. The lowest BCUT2D eigenvalue weighted by molar-refractivity contribution is -0.134. The molecule has 0 N–H and O–H groups in total. The molecule has 1 saturated heterocycles. The zero-order valence-electron chi connectivity index (χ0n) is 12.1. The quantitative estimate of drug-likeness (QED) is 0.815. The van der Waals surface area contributed by atoms with E-state index in [1.807, 2.05) is 43.9 Å². The molecule has 3 nitrogen and oxygen atoms in total. The Labute approximate surface area is 131 Å². The van der Waals surface area contributed by atoms with Gasteiger partial charge in [0.05, 0.1) is 6.42 Å². The minimum atomic E-state index is -0.801. The van der Waals surface area contributed by atoms with Crippen LogP contribution >= 0.6 is 15.9 Å². The summed E-state index contributed by atoms with van der Waals surface area (Å²) in [5.74, 6) is 1.28. The molecular formula is C15H20BrNO2S. The maximum Gasteiger partial charge on any atom is 0.227 e. The average Bonchev–Trinajstić information content (AvgIpc) is 2.31. The molecule has 1 unspecified atom stereocenters. The summed E-state index contributed by atoms with van der Waals surface area (Å²) < 4.78 is 12.7. The van der Waals surface area contributed by atoms with Crippen molar-refractivity contribution in [3.05, 3.63) is 33.8 Å². The van der Waals surface area contributed by atoms with Crippen LogP contribution in [0.5, 0.6) is 0 Å². The van der Waals surface area contributed by atoms with Crippen molar-refractivity contribution in [2.24, 2.45) is 0 Å². The van der Waals surface area contributed by atoms with Gasteiger partial charge in [0.15, 0.2) is 0 Å². The van der Waals surface area contributed by atoms with Crippen LogP contribution in [-0.2, 0) is 22.0 Å². The molecule has 1 heterocycles. The van der Waals surface area contributed by atoms with Gasteiger partial charge in [-0.1, -0.05) is 22.0 Å². The molecule has 20 heavy (non-hydrogen) atoms. The largest absolute Gasteiger partial charge is 0.335 e. The smallest absolute Gasteiger partial charge is 0.227 e. The van der Waals surface area contributed by atoms with E-state index in [9.17, 15) is 9.00 Å². The van der Waals surface area contributed by atoms with E-state index in [0.29, 0.717) is 24.5 Å². The number of carbonyl (C=O) groups excluding carboxylic acids is 1. The zero-order valence-corrected chi connectivity index (χ0v) is 14.5. The van der Waals surface area contributed by atoms with Crippen LogP contribution in [0.1, 0.15) is 25.0 Å². The van der Waals surface area contributed by atoms with Crippen molar-refractivity contribution in [3.8, 4) is 0 Å².